The zero-order chi connectivity index (χ0) is 29.0. The van der Waals surface area contributed by atoms with Crippen LogP contribution in [0.2, 0.25) is 5.02 Å². The van der Waals surface area contributed by atoms with E-state index in [1.807, 2.05) is 24.6 Å². The second-order valence-electron chi connectivity index (χ2n) is 12.0. The van der Waals surface area contributed by atoms with Crippen molar-refractivity contribution in [3.05, 3.63) is 59.5 Å². The summed E-state index contributed by atoms with van der Waals surface area (Å²) in [7, 11) is 4.22. The number of nitrogens with one attached hydrogen (secondary N) is 1. The Labute approximate surface area is 251 Å². The van der Waals surface area contributed by atoms with Gasteiger partial charge in [-0.15, -0.1) is 0 Å². The van der Waals surface area contributed by atoms with Gasteiger partial charge < -0.3 is 25.1 Å². The molecule has 3 aromatic heterocycles. The highest BCUT2D eigenvalue weighted by atomic mass is 35.5. The third-order valence-corrected chi connectivity index (χ3v) is 9.87. The molecule has 9 nitrogen and oxygen atoms in total. The molecule has 1 saturated carbocycles. The van der Waals surface area contributed by atoms with Crippen molar-refractivity contribution in [1.29, 1.82) is 0 Å². The van der Waals surface area contributed by atoms with Gasteiger partial charge in [0.2, 0.25) is 5.95 Å². The lowest BCUT2D eigenvalue weighted by atomic mass is 9.89. The van der Waals surface area contributed by atoms with Gasteiger partial charge in [-0.05, 0) is 69.0 Å². The van der Waals surface area contributed by atoms with Gasteiger partial charge in [0.05, 0.1) is 15.9 Å². The zero-order valence-electron chi connectivity index (χ0n) is 24.5. The topological polar surface area (TPSA) is 93.1 Å². The number of nitrogen functional groups attached to an aromatic ring is 1. The Hall–Kier alpha value is -3.66. The van der Waals surface area contributed by atoms with Crippen LogP contribution in [0.5, 0.6) is 0 Å². The van der Waals surface area contributed by atoms with E-state index in [4.69, 9.17) is 27.3 Å². The van der Waals surface area contributed by atoms with Crippen molar-refractivity contribution in [2.45, 2.75) is 44.7 Å². The lowest BCUT2D eigenvalue weighted by molar-refractivity contribution is 0.0828. The van der Waals surface area contributed by atoms with Gasteiger partial charge in [0.25, 0.3) is 0 Å². The standard InChI is InChI=1S/C32H38ClN9/c1-20-4-13-26-29(28(20)33)38-32(40(26)3)37-22-7-5-21(6-8-22)25-18-42(31-27(25)30(34)35-19-36-31)24-11-9-23(10-12-24)41-16-14-39(2)15-17-41/h4-8,13,18-19,23-24H,9-12,14-17H2,1-3H3,(H,37,38)(H2,34,35,36). The predicted molar refractivity (Wildman–Crippen MR) is 171 cm³/mol. The summed E-state index contributed by atoms with van der Waals surface area (Å²) in [5.74, 6) is 1.26. The molecule has 0 spiro atoms. The fourth-order valence-corrected chi connectivity index (χ4v) is 7.00. The van der Waals surface area contributed by atoms with Crippen LogP contribution < -0.4 is 11.1 Å². The number of imidazole rings is 1. The lowest BCUT2D eigenvalue weighted by Gasteiger charge is -2.41. The van der Waals surface area contributed by atoms with Crippen molar-refractivity contribution in [3.8, 4) is 11.1 Å². The minimum Gasteiger partial charge on any atom is -0.383 e. The smallest absolute Gasteiger partial charge is 0.208 e. The van der Waals surface area contributed by atoms with Crippen molar-refractivity contribution < 1.29 is 0 Å². The van der Waals surface area contributed by atoms with E-state index < -0.39 is 0 Å². The molecule has 3 N–H and O–H groups in total. The van der Waals surface area contributed by atoms with E-state index >= 15 is 0 Å². The van der Waals surface area contributed by atoms with Gasteiger partial charge in [0.15, 0.2) is 0 Å². The molecule has 10 heteroatoms. The molecule has 0 unspecified atom stereocenters. The van der Waals surface area contributed by atoms with Gasteiger partial charge in [0.1, 0.15) is 23.3 Å². The molecule has 0 amide bonds. The van der Waals surface area contributed by atoms with Crippen LogP contribution in [0.15, 0.2) is 48.9 Å². The fraction of sp³-hybridized carbons (Fsp3) is 0.406. The Morgan fingerprint density at radius 1 is 0.905 bits per heavy atom. The highest BCUT2D eigenvalue weighted by molar-refractivity contribution is 6.35. The van der Waals surface area contributed by atoms with Crippen LogP contribution in [0, 0.1) is 6.92 Å². The average molecular weight is 584 g/mol. The van der Waals surface area contributed by atoms with Crippen LogP contribution in [0.4, 0.5) is 17.5 Å². The van der Waals surface area contributed by atoms with E-state index in [2.05, 4.69) is 68.2 Å². The maximum Gasteiger partial charge on any atom is 0.208 e. The molecule has 1 aliphatic carbocycles. The van der Waals surface area contributed by atoms with Gasteiger partial charge in [-0.2, -0.15) is 0 Å². The molecule has 0 bridgehead atoms. The molecule has 1 aliphatic heterocycles. The van der Waals surface area contributed by atoms with Crippen LogP contribution in [0.1, 0.15) is 37.3 Å². The van der Waals surface area contributed by atoms with Gasteiger partial charge in [-0.3, -0.25) is 4.90 Å². The number of hydrogen-bond donors (Lipinski definition) is 2. The predicted octanol–water partition coefficient (Wildman–Crippen LogP) is 6.00. The number of rotatable bonds is 5. The first kappa shape index (κ1) is 27.2. The van der Waals surface area contributed by atoms with Crippen LogP contribution in [-0.2, 0) is 7.05 Å². The van der Waals surface area contributed by atoms with Crippen molar-refractivity contribution in [2.75, 3.05) is 44.3 Å². The van der Waals surface area contributed by atoms with E-state index in [1.54, 1.807) is 6.33 Å². The number of nitrogens with zero attached hydrogens (tertiary/aromatic N) is 7. The van der Waals surface area contributed by atoms with E-state index in [0.717, 1.165) is 63.2 Å². The highest BCUT2D eigenvalue weighted by Crippen LogP contribution is 2.39. The number of benzene rings is 2. The van der Waals surface area contributed by atoms with Gasteiger partial charge in [-0.25, -0.2) is 15.0 Å². The maximum atomic E-state index is 6.54. The molecule has 0 atom stereocenters. The third kappa shape index (κ3) is 4.79. The molecule has 2 aliphatic rings. The minimum absolute atomic E-state index is 0.410. The highest BCUT2D eigenvalue weighted by Gasteiger charge is 2.30. The summed E-state index contributed by atoms with van der Waals surface area (Å²) in [5.41, 5.74) is 13.3. The van der Waals surface area contributed by atoms with Crippen molar-refractivity contribution in [3.63, 3.8) is 0 Å². The normalized spacial score (nSPS) is 20.5. The van der Waals surface area contributed by atoms with Crippen molar-refractivity contribution in [1.82, 2.24) is 33.9 Å². The Balaban J connectivity index is 1.13. The molecule has 7 rings (SSSR count). The monoisotopic (exact) mass is 583 g/mol. The second kappa shape index (κ2) is 10.9. The van der Waals surface area contributed by atoms with Crippen LogP contribution in [-0.4, -0.2) is 73.2 Å². The molecule has 2 aromatic carbocycles. The maximum absolute atomic E-state index is 6.54. The molecule has 42 heavy (non-hydrogen) atoms. The number of piperazine rings is 1. The number of fused-ring (bicyclic) bond motifs is 2. The summed E-state index contributed by atoms with van der Waals surface area (Å²) in [6, 6.07) is 13.6. The number of likely N-dealkylation sites (N-methyl/N-ethyl adjacent to an activating group) is 1. The van der Waals surface area contributed by atoms with Crippen molar-refractivity contribution >= 4 is 51.1 Å². The Morgan fingerprint density at radius 2 is 1.62 bits per heavy atom. The quantitative estimate of drug-likeness (QED) is 0.262. The molecule has 4 heterocycles. The number of halogens is 1. The van der Waals surface area contributed by atoms with Crippen LogP contribution >= 0.6 is 11.6 Å². The number of aryl methyl sites for hydroxylation is 2. The Kier molecular flexibility index (Phi) is 7.04. The summed E-state index contributed by atoms with van der Waals surface area (Å²) in [4.78, 5) is 19.0. The molecule has 5 aromatic rings. The lowest BCUT2D eigenvalue weighted by Crippen LogP contribution is -2.49. The van der Waals surface area contributed by atoms with Gasteiger partial charge in [-0.1, -0.05) is 29.8 Å². The van der Waals surface area contributed by atoms with Crippen LogP contribution in [0.25, 0.3) is 33.2 Å². The second-order valence-corrected chi connectivity index (χ2v) is 12.3. The van der Waals surface area contributed by atoms with Crippen molar-refractivity contribution in [2.24, 2.45) is 7.05 Å². The molecule has 2 fully saturated rings. The first-order valence-corrected chi connectivity index (χ1v) is 15.3. The summed E-state index contributed by atoms with van der Waals surface area (Å²) in [6.07, 6.45) is 8.57. The minimum atomic E-state index is 0.410. The summed E-state index contributed by atoms with van der Waals surface area (Å²) in [6.45, 7) is 6.70. The van der Waals surface area contributed by atoms with Gasteiger partial charge >= 0.3 is 0 Å². The summed E-state index contributed by atoms with van der Waals surface area (Å²) < 4.78 is 4.39. The van der Waals surface area contributed by atoms with Gasteiger partial charge in [0, 0.05) is 62.8 Å². The molecule has 1 saturated heterocycles. The molecular weight excluding hydrogens is 546 g/mol. The summed E-state index contributed by atoms with van der Waals surface area (Å²) >= 11 is 6.54. The molecule has 218 valence electrons. The number of hydrogen-bond acceptors (Lipinski definition) is 7. The number of nitrogens with two attached hydrogens (primary N) is 1. The van der Waals surface area contributed by atoms with Crippen LogP contribution in [0.3, 0.4) is 0 Å². The molecular formula is C32H38ClN9. The number of anilines is 3. The van der Waals surface area contributed by atoms with E-state index in [0.29, 0.717) is 22.9 Å². The first-order chi connectivity index (χ1) is 20.4. The summed E-state index contributed by atoms with van der Waals surface area (Å²) in [5, 5.41) is 5.08. The van der Waals surface area contributed by atoms with E-state index in [9.17, 15) is 0 Å². The van der Waals surface area contributed by atoms with E-state index in [-0.39, 0.29) is 0 Å². The Morgan fingerprint density at radius 3 is 2.36 bits per heavy atom. The largest absolute Gasteiger partial charge is 0.383 e. The Bertz CT molecular complexity index is 1740. The fourth-order valence-electron chi connectivity index (χ4n) is 6.80. The third-order valence-electron chi connectivity index (χ3n) is 9.39. The molecule has 0 radical (unpaired) electrons. The average Bonchev–Trinajstić information content (AvgIpc) is 3.55. The number of aromatic nitrogens is 5. The first-order valence-electron chi connectivity index (χ1n) is 14.9. The van der Waals surface area contributed by atoms with E-state index in [1.165, 1.54) is 39.0 Å². The zero-order valence-corrected chi connectivity index (χ0v) is 25.3. The SMILES string of the molecule is Cc1ccc2c(nc(Nc3ccc(-c4cn(C5CCC(N6CCN(C)CC6)CC5)c5ncnc(N)c45)cc3)n2C)c1Cl.